The molecule has 0 N–H and O–H groups in total. The fourth-order valence-corrected chi connectivity index (χ4v) is 2.28. The SMILES string of the molecule is CCCCCCC(=O)CCCCCCCCC(C)=O. The van der Waals surface area contributed by atoms with Gasteiger partial charge in [0.15, 0.2) is 0 Å². The average molecular weight is 268 g/mol. The first-order valence-electron chi connectivity index (χ1n) is 8.18. The zero-order valence-electron chi connectivity index (χ0n) is 13.0. The van der Waals surface area contributed by atoms with E-state index in [2.05, 4.69) is 6.92 Å². The molecule has 19 heavy (non-hydrogen) atoms. The first-order valence-corrected chi connectivity index (χ1v) is 8.18. The number of carbonyl (C=O) groups is 2. The molecule has 0 bridgehead atoms. The number of hydrogen-bond donors (Lipinski definition) is 0. The molecule has 0 aromatic carbocycles. The van der Waals surface area contributed by atoms with Crippen molar-refractivity contribution in [1.29, 1.82) is 0 Å². The minimum absolute atomic E-state index is 0.300. The maximum atomic E-state index is 11.6. The zero-order chi connectivity index (χ0) is 14.3. The fraction of sp³-hybridized carbons (Fsp3) is 0.882. The van der Waals surface area contributed by atoms with Crippen LogP contribution in [-0.4, -0.2) is 11.6 Å². The number of carbonyl (C=O) groups excluding carboxylic acids is 2. The van der Waals surface area contributed by atoms with Gasteiger partial charge in [0.1, 0.15) is 11.6 Å². The van der Waals surface area contributed by atoms with E-state index in [4.69, 9.17) is 0 Å². The van der Waals surface area contributed by atoms with Gasteiger partial charge in [-0.05, 0) is 26.2 Å². The second kappa shape index (κ2) is 13.8. The van der Waals surface area contributed by atoms with Crippen LogP contribution >= 0.6 is 0 Å². The van der Waals surface area contributed by atoms with Gasteiger partial charge in [0.2, 0.25) is 0 Å². The second-order valence-corrected chi connectivity index (χ2v) is 5.67. The lowest BCUT2D eigenvalue weighted by Gasteiger charge is -2.02. The summed E-state index contributed by atoms with van der Waals surface area (Å²) < 4.78 is 0. The van der Waals surface area contributed by atoms with Gasteiger partial charge in [-0.1, -0.05) is 51.9 Å². The summed E-state index contributed by atoms with van der Waals surface area (Å²) in [5.41, 5.74) is 0. The van der Waals surface area contributed by atoms with E-state index in [0.29, 0.717) is 11.6 Å². The molecule has 0 fully saturated rings. The summed E-state index contributed by atoms with van der Waals surface area (Å²) in [7, 11) is 0. The summed E-state index contributed by atoms with van der Waals surface area (Å²) in [5, 5.41) is 0. The van der Waals surface area contributed by atoms with Gasteiger partial charge >= 0.3 is 0 Å². The molecule has 2 heteroatoms. The van der Waals surface area contributed by atoms with Crippen LogP contribution in [0.1, 0.15) is 97.3 Å². The molecule has 0 aromatic rings. The molecule has 0 rings (SSSR count). The molecular formula is C17H32O2. The highest BCUT2D eigenvalue weighted by Crippen LogP contribution is 2.11. The van der Waals surface area contributed by atoms with Gasteiger partial charge in [-0.15, -0.1) is 0 Å². The van der Waals surface area contributed by atoms with Crippen molar-refractivity contribution in [2.24, 2.45) is 0 Å². The number of rotatable bonds is 14. The number of hydrogen-bond acceptors (Lipinski definition) is 2. The van der Waals surface area contributed by atoms with Crippen molar-refractivity contribution in [1.82, 2.24) is 0 Å². The molecule has 2 nitrogen and oxygen atoms in total. The van der Waals surface area contributed by atoms with E-state index in [9.17, 15) is 9.59 Å². The van der Waals surface area contributed by atoms with Crippen LogP contribution in [-0.2, 0) is 9.59 Å². The van der Waals surface area contributed by atoms with E-state index in [1.165, 1.54) is 38.5 Å². The summed E-state index contributed by atoms with van der Waals surface area (Å²) in [4.78, 5) is 22.3. The van der Waals surface area contributed by atoms with Crippen molar-refractivity contribution in [2.45, 2.75) is 97.3 Å². The lowest BCUT2D eigenvalue weighted by atomic mass is 10.0. The monoisotopic (exact) mass is 268 g/mol. The van der Waals surface area contributed by atoms with Crippen LogP contribution in [0.4, 0.5) is 0 Å². The molecule has 0 aromatic heterocycles. The lowest BCUT2D eigenvalue weighted by molar-refractivity contribution is -0.119. The van der Waals surface area contributed by atoms with Crippen LogP contribution < -0.4 is 0 Å². The molecular weight excluding hydrogens is 236 g/mol. The van der Waals surface area contributed by atoms with Crippen molar-refractivity contribution >= 4 is 11.6 Å². The molecule has 112 valence electrons. The minimum atomic E-state index is 0.300. The predicted molar refractivity (Wildman–Crippen MR) is 81.4 cm³/mol. The van der Waals surface area contributed by atoms with Gasteiger partial charge in [-0.25, -0.2) is 0 Å². The standard InChI is InChI=1S/C17H32O2/c1-3-4-5-11-14-17(19)15-12-9-7-6-8-10-13-16(2)18/h3-15H2,1-2H3. The molecule has 0 aliphatic carbocycles. The van der Waals surface area contributed by atoms with Crippen molar-refractivity contribution in [2.75, 3.05) is 0 Å². The Bertz CT molecular complexity index is 233. The Morgan fingerprint density at radius 3 is 1.53 bits per heavy atom. The molecule has 0 aliphatic heterocycles. The summed E-state index contributed by atoms with van der Waals surface area (Å²) in [6.07, 6.45) is 13.9. The summed E-state index contributed by atoms with van der Waals surface area (Å²) in [5.74, 6) is 0.751. The van der Waals surface area contributed by atoms with Gasteiger partial charge < -0.3 is 4.79 Å². The van der Waals surface area contributed by atoms with Crippen molar-refractivity contribution in [3.8, 4) is 0 Å². The number of ketones is 2. The highest BCUT2D eigenvalue weighted by atomic mass is 16.1. The van der Waals surface area contributed by atoms with E-state index in [-0.39, 0.29) is 0 Å². The summed E-state index contributed by atoms with van der Waals surface area (Å²) >= 11 is 0. The third kappa shape index (κ3) is 15.3. The van der Waals surface area contributed by atoms with Crippen molar-refractivity contribution < 1.29 is 9.59 Å². The van der Waals surface area contributed by atoms with Crippen molar-refractivity contribution in [3.05, 3.63) is 0 Å². The van der Waals surface area contributed by atoms with Crippen LogP contribution in [0.25, 0.3) is 0 Å². The van der Waals surface area contributed by atoms with Crippen LogP contribution in [0, 0.1) is 0 Å². The van der Waals surface area contributed by atoms with E-state index in [1.807, 2.05) is 0 Å². The molecule has 0 aliphatic rings. The smallest absolute Gasteiger partial charge is 0.132 e. The third-order valence-corrected chi connectivity index (χ3v) is 3.54. The maximum Gasteiger partial charge on any atom is 0.132 e. The zero-order valence-corrected chi connectivity index (χ0v) is 13.0. The van der Waals surface area contributed by atoms with Crippen LogP contribution in [0.3, 0.4) is 0 Å². The Morgan fingerprint density at radius 1 is 0.632 bits per heavy atom. The Kier molecular flexibility index (Phi) is 13.3. The largest absolute Gasteiger partial charge is 0.300 e. The fourth-order valence-electron chi connectivity index (χ4n) is 2.28. The maximum absolute atomic E-state index is 11.6. The second-order valence-electron chi connectivity index (χ2n) is 5.67. The van der Waals surface area contributed by atoms with Crippen LogP contribution in [0.15, 0.2) is 0 Å². The minimum Gasteiger partial charge on any atom is -0.300 e. The van der Waals surface area contributed by atoms with Gasteiger partial charge in [0.05, 0.1) is 0 Å². The molecule has 0 saturated carbocycles. The third-order valence-electron chi connectivity index (χ3n) is 3.54. The van der Waals surface area contributed by atoms with Crippen LogP contribution in [0.2, 0.25) is 0 Å². The molecule has 0 atom stereocenters. The number of Topliss-reactive ketones (excluding diaryl/α,β-unsaturated/α-hetero) is 2. The summed E-state index contributed by atoms with van der Waals surface area (Å²) in [6, 6.07) is 0. The van der Waals surface area contributed by atoms with E-state index in [0.717, 1.165) is 44.9 Å². The van der Waals surface area contributed by atoms with E-state index in [1.54, 1.807) is 6.92 Å². The van der Waals surface area contributed by atoms with Crippen molar-refractivity contribution in [3.63, 3.8) is 0 Å². The Morgan fingerprint density at radius 2 is 1.05 bits per heavy atom. The lowest BCUT2D eigenvalue weighted by Crippen LogP contribution is -1.97. The topological polar surface area (TPSA) is 34.1 Å². The first-order chi connectivity index (χ1) is 9.16. The molecule has 0 spiro atoms. The Hall–Kier alpha value is -0.660. The average Bonchev–Trinajstić information content (AvgIpc) is 2.37. The predicted octanol–water partition coefficient (Wildman–Crippen LogP) is 5.24. The quantitative estimate of drug-likeness (QED) is 0.404. The Labute approximate surface area is 119 Å². The van der Waals surface area contributed by atoms with Gasteiger partial charge in [-0.2, -0.15) is 0 Å². The number of unbranched alkanes of at least 4 members (excludes halogenated alkanes) is 8. The first kappa shape index (κ1) is 18.3. The highest BCUT2D eigenvalue weighted by Gasteiger charge is 2.01. The molecule has 0 saturated heterocycles. The van der Waals surface area contributed by atoms with Gasteiger partial charge in [0, 0.05) is 19.3 Å². The van der Waals surface area contributed by atoms with Gasteiger partial charge in [-0.3, -0.25) is 4.79 Å². The van der Waals surface area contributed by atoms with Crippen LogP contribution in [0.5, 0.6) is 0 Å². The molecule has 0 radical (unpaired) electrons. The van der Waals surface area contributed by atoms with E-state index < -0.39 is 0 Å². The molecule has 0 heterocycles. The summed E-state index contributed by atoms with van der Waals surface area (Å²) in [6.45, 7) is 3.85. The molecule has 0 amide bonds. The normalized spacial score (nSPS) is 10.6. The molecule has 0 unspecified atom stereocenters. The van der Waals surface area contributed by atoms with E-state index >= 15 is 0 Å². The highest BCUT2D eigenvalue weighted by molar-refractivity contribution is 5.78. The Balaban J connectivity index is 3.16. The van der Waals surface area contributed by atoms with Gasteiger partial charge in [0.25, 0.3) is 0 Å².